The van der Waals surface area contributed by atoms with Gasteiger partial charge in [-0.3, -0.25) is 9.36 Å². The molecule has 0 spiro atoms. The lowest BCUT2D eigenvalue weighted by molar-refractivity contribution is -0.152. The molecule has 2 aromatic heterocycles. The summed E-state index contributed by atoms with van der Waals surface area (Å²) in [6, 6.07) is 5.80. The fourth-order valence-electron chi connectivity index (χ4n) is 3.41. The molecule has 0 N–H and O–H groups in total. The summed E-state index contributed by atoms with van der Waals surface area (Å²) in [6.07, 6.45) is 0. The van der Waals surface area contributed by atoms with Crippen LogP contribution in [0.3, 0.4) is 0 Å². The molecule has 7 heteroatoms. The number of thiophene rings is 1. The van der Waals surface area contributed by atoms with Crippen molar-refractivity contribution in [2.24, 2.45) is 0 Å². The molecule has 1 aromatic carbocycles. The van der Waals surface area contributed by atoms with E-state index in [1.54, 1.807) is 34.8 Å². The number of rotatable bonds is 5. The monoisotopic (exact) mass is 400 g/mol. The maximum atomic E-state index is 13.5. The first-order valence-corrected chi connectivity index (χ1v) is 9.93. The van der Waals surface area contributed by atoms with Gasteiger partial charge in [0.05, 0.1) is 19.1 Å². The zero-order chi connectivity index (χ0) is 20.6. The molecule has 0 aliphatic carbocycles. The molecule has 3 aromatic rings. The largest absolute Gasteiger partial charge is 0.496 e. The van der Waals surface area contributed by atoms with Gasteiger partial charge in [-0.1, -0.05) is 6.07 Å². The number of methoxy groups -OCH3 is 1. The summed E-state index contributed by atoms with van der Waals surface area (Å²) < 4.78 is 11.9. The summed E-state index contributed by atoms with van der Waals surface area (Å²) in [5.74, 6) is 0.811. The summed E-state index contributed by atoms with van der Waals surface area (Å²) in [5, 5.41) is 2.44. The molecule has 0 atom stereocenters. The second-order valence-electron chi connectivity index (χ2n) is 7.09. The summed E-state index contributed by atoms with van der Waals surface area (Å²) in [4.78, 5) is 31.2. The number of hydrogen-bond acceptors (Lipinski definition) is 6. The van der Waals surface area contributed by atoms with Crippen LogP contribution in [0.4, 0.5) is 0 Å². The van der Waals surface area contributed by atoms with E-state index < -0.39 is 11.5 Å². The van der Waals surface area contributed by atoms with E-state index in [2.05, 4.69) is 4.98 Å². The average Bonchev–Trinajstić information content (AvgIpc) is 3.05. The Kier molecular flexibility index (Phi) is 5.30. The Labute approximate surface area is 167 Å². The van der Waals surface area contributed by atoms with E-state index in [-0.39, 0.29) is 12.2 Å². The Morgan fingerprint density at radius 3 is 2.61 bits per heavy atom. The number of esters is 1. The topological polar surface area (TPSA) is 70.4 Å². The molecular weight excluding hydrogens is 376 g/mol. The number of carbonyl (C=O) groups is 1. The van der Waals surface area contributed by atoms with E-state index in [1.165, 1.54) is 15.9 Å². The lowest BCUT2D eigenvalue weighted by atomic mass is 10.0. The molecule has 3 rings (SSSR count). The van der Waals surface area contributed by atoms with Gasteiger partial charge in [0.15, 0.2) is 0 Å². The van der Waals surface area contributed by atoms with Gasteiger partial charge in [-0.2, -0.15) is 0 Å². The van der Waals surface area contributed by atoms with Crippen LogP contribution in [0.1, 0.15) is 32.2 Å². The van der Waals surface area contributed by atoms with Crippen LogP contribution >= 0.6 is 11.3 Å². The number of benzene rings is 1. The second kappa shape index (κ2) is 7.39. The van der Waals surface area contributed by atoms with E-state index >= 15 is 0 Å². The minimum atomic E-state index is -1.16. The highest BCUT2D eigenvalue weighted by Crippen LogP contribution is 2.34. The van der Waals surface area contributed by atoms with Gasteiger partial charge in [-0.15, -0.1) is 11.3 Å². The molecule has 6 nitrogen and oxygen atoms in total. The second-order valence-corrected chi connectivity index (χ2v) is 7.95. The summed E-state index contributed by atoms with van der Waals surface area (Å²) in [7, 11) is 1.63. The van der Waals surface area contributed by atoms with Gasteiger partial charge in [0.25, 0.3) is 5.56 Å². The third kappa shape index (κ3) is 3.20. The first kappa shape index (κ1) is 20.1. The van der Waals surface area contributed by atoms with Crippen LogP contribution in [0, 0.1) is 13.8 Å². The molecule has 28 heavy (non-hydrogen) atoms. The molecule has 0 bridgehead atoms. The van der Waals surface area contributed by atoms with Crippen molar-refractivity contribution in [1.29, 1.82) is 0 Å². The Bertz CT molecular complexity index is 1110. The minimum absolute atomic E-state index is 0.245. The van der Waals surface area contributed by atoms with Crippen molar-refractivity contribution in [2.75, 3.05) is 13.7 Å². The zero-order valence-corrected chi connectivity index (χ0v) is 17.8. The highest BCUT2D eigenvalue weighted by atomic mass is 32.1. The maximum absolute atomic E-state index is 13.5. The molecule has 0 radical (unpaired) electrons. The van der Waals surface area contributed by atoms with Crippen molar-refractivity contribution in [3.63, 3.8) is 0 Å². The molecule has 0 unspecified atom stereocenters. The van der Waals surface area contributed by atoms with Crippen LogP contribution in [0.15, 0.2) is 28.4 Å². The van der Waals surface area contributed by atoms with Gasteiger partial charge in [0.2, 0.25) is 0 Å². The molecule has 0 saturated carbocycles. The maximum Gasteiger partial charge on any atom is 0.331 e. The number of ether oxygens (including phenoxy) is 2. The third-order valence-corrected chi connectivity index (χ3v) is 5.69. The zero-order valence-electron chi connectivity index (χ0n) is 17.0. The lowest BCUT2D eigenvalue weighted by Crippen LogP contribution is -2.45. The number of hydrogen-bond donors (Lipinski definition) is 0. The Morgan fingerprint density at radius 1 is 1.29 bits per heavy atom. The van der Waals surface area contributed by atoms with E-state index in [0.29, 0.717) is 16.0 Å². The lowest BCUT2D eigenvalue weighted by Gasteiger charge is -2.26. The third-order valence-electron chi connectivity index (χ3n) is 4.82. The number of carbonyl (C=O) groups excluding carboxylic acids is 1. The molecule has 0 saturated heterocycles. The van der Waals surface area contributed by atoms with Crippen LogP contribution in [0.25, 0.3) is 21.3 Å². The molecule has 148 valence electrons. The van der Waals surface area contributed by atoms with Gasteiger partial charge in [-0.05, 0) is 57.9 Å². The Balaban J connectivity index is 2.26. The Hall–Kier alpha value is -2.67. The van der Waals surface area contributed by atoms with Crippen LogP contribution in [-0.4, -0.2) is 29.2 Å². The van der Waals surface area contributed by atoms with Crippen LogP contribution in [-0.2, 0) is 15.1 Å². The van der Waals surface area contributed by atoms with Crippen molar-refractivity contribution in [3.05, 3.63) is 45.3 Å². The molecule has 0 aliphatic heterocycles. The number of nitrogens with zero attached hydrogens (tertiary/aromatic N) is 2. The van der Waals surface area contributed by atoms with E-state index in [9.17, 15) is 9.59 Å². The number of fused-ring (bicyclic) bond motifs is 1. The highest BCUT2D eigenvalue weighted by Gasteiger charge is 2.35. The van der Waals surface area contributed by atoms with Crippen molar-refractivity contribution in [3.8, 4) is 16.9 Å². The van der Waals surface area contributed by atoms with E-state index in [0.717, 1.165) is 22.4 Å². The summed E-state index contributed by atoms with van der Waals surface area (Å²) in [5.41, 5.74) is 1.29. The molecule has 0 fully saturated rings. The van der Waals surface area contributed by atoms with Crippen LogP contribution in [0.5, 0.6) is 5.75 Å². The molecule has 0 amide bonds. The minimum Gasteiger partial charge on any atom is -0.496 e. The van der Waals surface area contributed by atoms with Crippen molar-refractivity contribution in [2.45, 2.75) is 40.2 Å². The predicted molar refractivity (Wildman–Crippen MR) is 111 cm³/mol. The first-order chi connectivity index (χ1) is 13.2. The molecule has 2 heterocycles. The van der Waals surface area contributed by atoms with Crippen molar-refractivity contribution in [1.82, 2.24) is 9.55 Å². The van der Waals surface area contributed by atoms with Gasteiger partial charge in [0, 0.05) is 10.9 Å². The van der Waals surface area contributed by atoms with E-state index in [1.807, 2.05) is 30.5 Å². The normalized spacial score (nSPS) is 11.6. The average molecular weight is 401 g/mol. The van der Waals surface area contributed by atoms with Gasteiger partial charge >= 0.3 is 5.97 Å². The first-order valence-electron chi connectivity index (χ1n) is 9.06. The van der Waals surface area contributed by atoms with Gasteiger partial charge in [-0.25, -0.2) is 9.78 Å². The predicted octanol–water partition coefficient (Wildman–Crippen LogP) is 4.05. The number of aromatic nitrogens is 2. The quantitative estimate of drug-likeness (QED) is 0.604. The smallest absolute Gasteiger partial charge is 0.331 e. The number of aryl methyl sites for hydroxylation is 2. The van der Waals surface area contributed by atoms with E-state index in [4.69, 9.17) is 9.47 Å². The molecule has 0 aliphatic rings. The summed E-state index contributed by atoms with van der Waals surface area (Å²) in [6.45, 7) is 9.04. The van der Waals surface area contributed by atoms with Crippen molar-refractivity contribution >= 4 is 27.5 Å². The summed E-state index contributed by atoms with van der Waals surface area (Å²) >= 11 is 1.42. The van der Waals surface area contributed by atoms with Gasteiger partial charge < -0.3 is 9.47 Å². The van der Waals surface area contributed by atoms with Gasteiger partial charge in [0.1, 0.15) is 21.9 Å². The highest BCUT2D eigenvalue weighted by molar-refractivity contribution is 7.17. The molecular formula is C21H24N2O4S. The fourth-order valence-corrected chi connectivity index (χ4v) is 4.39. The Morgan fingerprint density at radius 2 is 2.00 bits per heavy atom. The standard InChI is InChI=1S/C21H24N2O4S/c1-7-27-20(25)21(4,5)23-13(3)22-18-17(19(23)24)15(11-28-18)14-8-9-16(26-6)12(2)10-14/h8-11H,7H2,1-6H3. The van der Waals surface area contributed by atoms with Crippen LogP contribution < -0.4 is 10.3 Å². The van der Waals surface area contributed by atoms with Crippen LogP contribution in [0.2, 0.25) is 0 Å². The fraction of sp³-hybridized carbons (Fsp3) is 0.381. The SMILES string of the molecule is CCOC(=O)C(C)(C)n1c(C)nc2scc(-c3ccc(OC)c(C)c3)c2c1=O. The van der Waals surface area contributed by atoms with Crippen molar-refractivity contribution < 1.29 is 14.3 Å².